The molecule has 0 spiro atoms. The Bertz CT molecular complexity index is 200. The zero-order valence-electron chi connectivity index (χ0n) is 10.4. The molecule has 0 aromatic rings. The highest BCUT2D eigenvalue weighted by atomic mass is 79.9. The first-order valence-electron chi connectivity index (χ1n) is 6.64. The topological polar surface area (TPSA) is 20.3 Å². The summed E-state index contributed by atoms with van der Waals surface area (Å²) in [5.41, 5.74) is 0. The Hall–Kier alpha value is -0.0500. The van der Waals surface area contributed by atoms with Crippen LogP contribution in [0, 0.1) is 5.92 Å². The van der Waals surface area contributed by atoms with Crippen molar-refractivity contribution < 1.29 is 4.79 Å². The predicted molar refractivity (Wildman–Crippen MR) is 71.9 cm³/mol. The van der Waals surface area contributed by atoms with Gasteiger partial charge in [0.25, 0.3) is 0 Å². The fourth-order valence-electron chi connectivity index (χ4n) is 2.46. The molecule has 1 fully saturated rings. The van der Waals surface area contributed by atoms with E-state index in [2.05, 4.69) is 22.9 Å². The summed E-state index contributed by atoms with van der Waals surface area (Å²) in [5, 5.41) is 0.988. The molecule has 16 heavy (non-hydrogen) atoms. The molecule has 0 bridgehead atoms. The van der Waals surface area contributed by atoms with Crippen molar-refractivity contribution in [1.29, 1.82) is 0 Å². The maximum atomic E-state index is 12.3. The number of alkyl halides is 1. The first kappa shape index (κ1) is 14.0. The van der Waals surface area contributed by atoms with Gasteiger partial charge in [-0.15, -0.1) is 0 Å². The number of amides is 1. The highest BCUT2D eigenvalue weighted by Crippen LogP contribution is 2.24. The maximum absolute atomic E-state index is 12.3. The molecule has 0 radical (unpaired) electrons. The second-order valence-electron chi connectivity index (χ2n) is 4.65. The molecular weight excluding hydrogens is 266 g/mol. The standard InChI is InChI=1S/C13H24BrNO/c1-2-15(11-7-10-14)13(16)12-8-5-3-4-6-9-12/h12H,2-11H2,1H3. The highest BCUT2D eigenvalue weighted by Gasteiger charge is 2.23. The molecule has 0 saturated heterocycles. The van der Waals surface area contributed by atoms with Crippen LogP contribution in [0.25, 0.3) is 0 Å². The van der Waals surface area contributed by atoms with Crippen molar-refractivity contribution in [3.8, 4) is 0 Å². The molecule has 3 heteroatoms. The van der Waals surface area contributed by atoms with Crippen molar-refractivity contribution in [3.05, 3.63) is 0 Å². The van der Waals surface area contributed by atoms with E-state index in [4.69, 9.17) is 0 Å². The number of carbonyl (C=O) groups is 1. The van der Waals surface area contributed by atoms with Crippen LogP contribution in [0.1, 0.15) is 51.9 Å². The van der Waals surface area contributed by atoms with E-state index in [1.807, 2.05) is 4.90 Å². The third kappa shape index (κ3) is 4.44. The molecule has 1 saturated carbocycles. The summed E-state index contributed by atoms with van der Waals surface area (Å²) in [4.78, 5) is 14.3. The molecule has 0 atom stereocenters. The maximum Gasteiger partial charge on any atom is 0.225 e. The van der Waals surface area contributed by atoms with Crippen molar-refractivity contribution in [3.63, 3.8) is 0 Å². The van der Waals surface area contributed by atoms with Crippen LogP contribution in [0.4, 0.5) is 0 Å². The summed E-state index contributed by atoms with van der Waals surface area (Å²) in [6.45, 7) is 3.86. The van der Waals surface area contributed by atoms with Gasteiger partial charge < -0.3 is 4.90 Å². The fourth-order valence-corrected chi connectivity index (χ4v) is 2.71. The Morgan fingerprint density at radius 2 is 1.88 bits per heavy atom. The van der Waals surface area contributed by atoms with Gasteiger partial charge in [-0.3, -0.25) is 4.79 Å². The Labute approximate surface area is 108 Å². The van der Waals surface area contributed by atoms with Gasteiger partial charge in [0.05, 0.1) is 0 Å². The predicted octanol–water partition coefficient (Wildman–Crippen LogP) is 3.59. The van der Waals surface area contributed by atoms with E-state index in [1.165, 1.54) is 25.7 Å². The first-order valence-corrected chi connectivity index (χ1v) is 7.76. The van der Waals surface area contributed by atoms with Crippen molar-refractivity contribution in [2.45, 2.75) is 51.9 Å². The van der Waals surface area contributed by atoms with E-state index in [0.29, 0.717) is 11.8 Å². The highest BCUT2D eigenvalue weighted by molar-refractivity contribution is 9.09. The molecule has 0 aromatic heterocycles. The zero-order valence-corrected chi connectivity index (χ0v) is 12.0. The molecule has 1 amide bonds. The summed E-state index contributed by atoms with van der Waals surface area (Å²) in [5.74, 6) is 0.725. The number of hydrogen-bond donors (Lipinski definition) is 0. The van der Waals surface area contributed by atoms with Gasteiger partial charge in [0.15, 0.2) is 0 Å². The third-order valence-electron chi connectivity index (χ3n) is 3.46. The van der Waals surface area contributed by atoms with E-state index in [1.54, 1.807) is 0 Å². The number of rotatable bonds is 5. The number of carbonyl (C=O) groups excluding carboxylic acids is 1. The first-order chi connectivity index (χ1) is 7.79. The van der Waals surface area contributed by atoms with Gasteiger partial charge >= 0.3 is 0 Å². The molecular formula is C13H24BrNO. The lowest BCUT2D eigenvalue weighted by Crippen LogP contribution is -2.36. The molecule has 0 unspecified atom stereocenters. The SMILES string of the molecule is CCN(CCCBr)C(=O)C1CCCCCC1. The molecule has 0 heterocycles. The van der Waals surface area contributed by atoms with E-state index in [-0.39, 0.29) is 0 Å². The fraction of sp³-hybridized carbons (Fsp3) is 0.923. The summed E-state index contributed by atoms with van der Waals surface area (Å²) in [6, 6.07) is 0. The minimum Gasteiger partial charge on any atom is -0.343 e. The lowest BCUT2D eigenvalue weighted by Gasteiger charge is -2.25. The third-order valence-corrected chi connectivity index (χ3v) is 4.02. The molecule has 1 aliphatic rings. The molecule has 0 aliphatic heterocycles. The molecule has 0 N–H and O–H groups in total. The molecule has 2 nitrogen and oxygen atoms in total. The molecule has 1 rings (SSSR count). The van der Waals surface area contributed by atoms with E-state index in [9.17, 15) is 4.79 Å². The Morgan fingerprint density at radius 1 is 1.25 bits per heavy atom. The van der Waals surface area contributed by atoms with Gasteiger partial charge in [0.2, 0.25) is 5.91 Å². The zero-order chi connectivity index (χ0) is 11.8. The van der Waals surface area contributed by atoms with Gasteiger partial charge in [-0.1, -0.05) is 41.6 Å². The van der Waals surface area contributed by atoms with E-state index >= 15 is 0 Å². The van der Waals surface area contributed by atoms with Crippen molar-refractivity contribution in [2.75, 3.05) is 18.4 Å². The summed E-state index contributed by atoms with van der Waals surface area (Å²) in [6.07, 6.45) is 8.41. The number of hydrogen-bond acceptors (Lipinski definition) is 1. The Morgan fingerprint density at radius 3 is 2.38 bits per heavy atom. The average Bonchev–Trinajstić information content (AvgIpc) is 2.58. The van der Waals surface area contributed by atoms with Gasteiger partial charge in [-0.25, -0.2) is 0 Å². The Kier molecular flexibility index (Phi) is 7.10. The number of nitrogens with zero attached hydrogens (tertiary/aromatic N) is 1. The minimum atomic E-state index is 0.317. The van der Waals surface area contributed by atoms with E-state index in [0.717, 1.165) is 37.7 Å². The smallest absolute Gasteiger partial charge is 0.225 e. The van der Waals surface area contributed by atoms with Crippen LogP contribution in [0.15, 0.2) is 0 Å². The molecule has 0 aromatic carbocycles. The van der Waals surface area contributed by atoms with Gasteiger partial charge in [-0.05, 0) is 26.2 Å². The minimum absolute atomic E-state index is 0.317. The normalized spacial score (nSPS) is 18.1. The van der Waals surface area contributed by atoms with Crippen molar-refractivity contribution in [1.82, 2.24) is 4.90 Å². The second kappa shape index (κ2) is 8.10. The van der Waals surface area contributed by atoms with Gasteiger partial charge in [0.1, 0.15) is 0 Å². The van der Waals surface area contributed by atoms with Crippen LogP contribution in [0.3, 0.4) is 0 Å². The van der Waals surface area contributed by atoms with Crippen LogP contribution >= 0.6 is 15.9 Å². The molecule has 94 valence electrons. The lowest BCUT2D eigenvalue weighted by atomic mass is 9.98. The summed E-state index contributed by atoms with van der Waals surface area (Å²) in [7, 11) is 0. The Balaban J connectivity index is 2.44. The second-order valence-corrected chi connectivity index (χ2v) is 5.44. The van der Waals surface area contributed by atoms with Gasteiger partial charge in [0, 0.05) is 24.3 Å². The summed E-state index contributed by atoms with van der Waals surface area (Å²) >= 11 is 3.43. The van der Waals surface area contributed by atoms with Crippen LogP contribution in [-0.4, -0.2) is 29.2 Å². The molecule has 1 aliphatic carbocycles. The van der Waals surface area contributed by atoms with Crippen LogP contribution in [0.5, 0.6) is 0 Å². The largest absolute Gasteiger partial charge is 0.343 e. The van der Waals surface area contributed by atoms with Gasteiger partial charge in [-0.2, -0.15) is 0 Å². The average molecular weight is 290 g/mol. The quantitative estimate of drug-likeness (QED) is 0.559. The van der Waals surface area contributed by atoms with Crippen LogP contribution in [-0.2, 0) is 4.79 Å². The monoisotopic (exact) mass is 289 g/mol. The lowest BCUT2D eigenvalue weighted by molar-refractivity contribution is -0.135. The number of halogens is 1. The van der Waals surface area contributed by atoms with E-state index < -0.39 is 0 Å². The van der Waals surface area contributed by atoms with Crippen molar-refractivity contribution >= 4 is 21.8 Å². The van der Waals surface area contributed by atoms with Crippen LogP contribution < -0.4 is 0 Å². The van der Waals surface area contributed by atoms with Crippen LogP contribution in [0.2, 0.25) is 0 Å². The summed E-state index contributed by atoms with van der Waals surface area (Å²) < 4.78 is 0. The van der Waals surface area contributed by atoms with Crippen molar-refractivity contribution in [2.24, 2.45) is 5.92 Å².